The summed E-state index contributed by atoms with van der Waals surface area (Å²) in [6.07, 6.45) is 0. The molecule has 1 N–H and O–H groups in total. The Bertz CT molecular complexity index is 700. The van der Waals surface area contributed by atoms with Crippen LogP contribution in [0.1, 0.15) is 21.5 Å². The summed E-state index contributed by atoms with van der Waals surface area (Å²) >= 11 is 3.42. The number of phenols is 1. The highest BCUT2D eigenvalue weighted by atomic mass is 79.9. The number of ether oxygens (including phenoxy) is 1. The number of carbonyl (C=O) groups excluding carboxylic acids is 1. The lowest BCUT2D eigenvalue weighted by Gasteiger charge is -2.20. The smallest absolute Gasteiger partial charge is 0.257 e. The van der Waals surface area contributed by atoms with Crippen LogP contribution >= 0.6 is 15.9 Å². The molecule has 1 amide bonds. The van der Waals surface area contributed by atoms with E-state index in [0.29, 0.717) is 12.1 Å². The van der Waals surface area contributed by atoms with Crippen molar-refractivity contribution in [3.05, 3.63) is 57.6 Å². The number of benzene rings is 2. The number of carbonyl (C=O) groups is 1. The quantitative estimate of drug-likeness (QED) is 0.899. The van der Waals surface area contributed by atoms with Crippen molar-refractivity contribution in [3.63, 3.8) is 0 Å². The summed E-state index contributed by atoms with van der Waals surface area (Å²) in [7, 11) is 3.30. The number of nitrogens with zero attached hydrogens (tertiary/aromatic N) is 1. The summed E-state index contributed by atoms with van der Waals surface area (Å²) in [6, 6.07) is 10.6. The van der Waals surface area contributed by atoms with Gasteiger partial charge in [0.2, 0.25) is 0 Å². The molecule has 0 fully saturated rings. The molecule has 2 aromatic rings. The van der Waals surface area contributed by atoms with Crippen molar-refractivity contribution in [1.29, 1.82) is 0 Å². The van der Waals surface area contributed by atoms with Gasteiger partial charge in [-0.1, -0.05) is 27.6 Å². The van der Waals surface area contributed by atoms with Gasteiger partial charge in [-0.15, -0.1) is 0 Å². The van der Waals surface area contributed by atoms with Crippen LogP contribution in [0.2, 0.25) is 0 Å². The Morgan fingerprint density at radius 1 is 1.27 bits per heavy atom. The van der Waals surface area contributed by atoms with Gasteiger partial charge in [-0.05, 0) is 37.3 Å². The van der Waals surface area contributed by atoms with Gasteiger partial charge < -0.3 is 14.7 Å². The largest absolute Gasteiger partial charge is 0.507 e. The number of aromatic hydroxyl groups is 1. The fraction of sp³-hybridized carbons (Fsp3) is 0.235. The molecule has 0 heterocycles. The molecule has 0 radical (unpaired) electrons. The number of methoxy groups -OCH3 is 1. The highest BCUT2D eigenvalue weighted by molar-refractivity contribution is 9.10. The number of hydrogen-bond acceptors (Lipinski definition) is 3. The van der Waals surface area contributed by atoms with Crippen LogP contribution in [0.4, 0.5) is 0 Å². The molecule has 116 valence electrons. The van der Waals surface area contributed by atoms with Crippen molar-refractivity contribution >= 4 is 21.8 Å². The molecule has 0 aliphatic carbocycles. The third-order valence-electron chi connectivity index (χ3n) is 3.38. The van der Waals surface area contributed by atoms with Gasteiger partial charge in [0.05, 0.1) is 12.7 Å². The number of phenolic OH excluding ortho intramolecular Hbond substituents is 1. The molecule has 0 aliphatic heterocycles. The monoisotopic (exact) mass is 363 g/mol. The second-order valence-electron chi connectivity index (χ2n) is 5.14. The van der Waals surface area contributed by atoms with E-state index < -0.39 is 0 Å². The Hall–Kier alpha value is -2.01. The molecule has 0 bridgehead atoms. The predicted molar refractivity (Wildman–Crippen MR) is 89.3 cm³/mol. The van der Waals surface area contributed by atoms with Gasteiger partial charge in [-0.2, -0.15) is 0 Å². The van der Waals surface area contributed by atoms with Crippen LogP contribution in [0.15, 0.2) is 40.9 Å². The Labute approximate surface area is 138 Å². The van der Waals surface area contributed by atoms with Crippen molar-refractivity contribution in [1.82, 2.24) is 4.90 Å². The lowest BCUT2D eigenvalue weighted by atomic mass is 10.1. The van der Waals surface area contributed by atoms with E-state index in [1.54, 1.807) is 31.2 Å². The summed E-state index contributed by atoms with van der Waals surface area (Å²) in [5.41, 5.74) is 2.12. The zero-order valence-electron chi connectivity index (χ0n) is 12.8. The first-order chi connectivity index (χ1) is 10.4. The van der Waals surface area contributed by atoms with Crippen LogP contribution in [0.5, 0.6) is 11.5 Å². The van der Waals surface area contributed by atoms with Gasteiger partial charge in [-0.3, -0.25) is 4.79 Å². The first-order valence-electron chi connectivity index (χ1n) is 6.80. The fourth-order valence-corrected chi connectivity index (χ4v) is 2.63. The van der Waals surface area contributed by atoms with Crippen molar-refractivity contribution < 1.29 is 14.6 Å². The lowest BCUT2D eigenvalue weighted by Crippen LogP contribution is -2.26. The van der Waals surface area contributed by atoms with Crippen molar-refractivity contribution in [2.75, 3.05) is 14.2 Å². The zero-order valence-corrected chi connectivity index (χ0v) is 14.3. The summed E-state index contributed by atoms with van der Waals surface area (Å²) in [6.45, 7) is 2.27. The SMILES string of the molecule is COc1ccc(Br)cc1CN(C)C(=O)c1cc(C)ccc1O. The second-order valence-corrected chi connectivity index (χ2v) is 6.05. The van der Waals surface area contributed by atoms with Gasteiger partial charge >= 0.3 is 0 Å². The van der Waals surface area contributed by atoms with Crippen LogP contribution in [0.3, 0.4) is 0 Å². The highest BCUT2D eigenvalue weighted by Crippen LogP contribution is 2.26. The molecule has 0 saturated carbocycles. The average Bonchev–Trinajstić information content (AvgIpc) is 2.49. The second kappa shape index (κ2) is 6.83. The molecule has 0 aromatic heterocycles. The van der Waals surface area contributed by atoms with Gasteiger partial charge in [-0.25, -0.2) is 0 Å². The van der Waals surface area contributed by atoms with E-state index >= 15 is 0 Å². The molecule has 4 nitrogen and oxygen atoms in total. The summed E-state index contributed by atoms with van der Waals surface area (Å²) in [4.78, 5) is 14.1. The molecular formula is C17H18BrNO3. The van der Waals surface area contributed by atoms with Crippen molar-refractivity contribution in [3.8, 4) is 11.5 Å². The standard InChI is InChI=1S/C17H18BrNO3/c1-11-4-6-15(20)14(8-11)17(21)19(2)10-12-9-13(18)5-7-16(12)22-3/h4-9,20H,10H2,1-3H3. The molecule has 0 aliphatic rings. The number of aryl methyl sites for hydroxylation is 1. The van der Waals surface area contributed by atoms with E-state index in [-0.39, 0.29) is 11.7 Å². The molecule has 0 atom stereocenters. The van der Waals surface area contributed by atoms with Crippen LogP contribution in [0, 0.1) is 6.92 Å². The van der Waals surface area contributed by atoms with Crippen LogP contribution in [-0.4, -0.2) is 30.1 Å². The molecule has 0 spiro atoms. The van der Waals surface area contributed by atoms with Gasteiger partial charge in [0.25, 0.3) is 5.91 Å². The van der Waals surface area contributed by atoms with E-state index in [1.165, 1.54) is 6.07 Å². The topological polar surface area (TPSA) is 49.8 Å². The number of hydrogen-bond donors (Lipinski definition) is 1. The molecule has 0 saturated heterocycles. The molecule has 2 rings (SSSR count). The number of halogens is 1. The Morgan fingerprint density at radius 3 is 2.68 bits per heavy atom. The molecule has 22 heavy (non-hydrogen) atoms. The normalized spacial score (nSPS) is 10.4. The Balaban J connectivity index is 2.25. The van der Waals surface area contributed by atoms with Crippen molar-refractivity contribution in [2.45, 2.75) is 13.5 Å². The van der Waals surface area contributed by atoms with Crippen LogP contribution in [0.25, 0.3) is 0 Å². The zero-order chi connectivity index (χ0) is 16.3. The third-order valence-corrected chi connectivity index (χ3v) is 3.87. The first kappa shape index (κ1) is 16.4. The minimum absolute atomic E-state index is 0.0105. The van der Waals surface area contributed by atoms with Crippen LogP contribution in [-0.2, 0) is 6.54 Å². The maximum Gasteiger partial charge on any atom is 0.257 e. The summed E-state index contributed by atoms with van der Waals surface area (Å²) < 4.78 is 6.24. The van der Waals surface area contributed by atoms with E-state index in [9.17, 15) is 9.90 Å². The van der Waals surface area contributed by atoms with Crippen molar-refractivity contribution in [2.24, 2.45) is 0 Å². The first-order valence-corrected chi connectivity index (χ1v) is 7.59. The van der Waals surface area contributed by atoms with Crippen LogP contribution < -0.4 is 4.74 Å². The van der Waals surface area contributed by atoms with E-state index in [2.05, 4.69) is 15.9 Å². The van der Waals surface area contributed by atoms with Gasteiger partial charge in [0.15, 0.2) is 0 Å². The molecule has 2 aromatic carbocycles. The maximum atomic E-state index is 12.5. The van der Waals surface area contributed by atoms with E-state index in [4.69, 9.17) is 4.74 Å². The minimum atomic E-state index is -0.233. The summed E-state index contributed by atoms with van der Waals surface area (Å²) in [5, 5.41) is 9.89. The molecule has 0 unspecified atom stereocenters. The molecule has 5 heteroatoms. The Morgan fingerprint density at radius 2 is 2.00 bits per heavy atom. The highest BCUT2D eigenvalue weighted by Gasteiger charge is 2.17. The predicted octanol–water partition coefficient (Wildman–Crippen LogP) is 3.74. The number of rotatable bonds is 4. The average molecular weight is 364 g/mol. The maximum absolute atomic E-state index is 12.5. The number of amides is 1. The van der Waals surface area contributed by atoms with Gasteiger partial charge in [0.1, 0.15) is 11.5 Å². The van der Waals surface area contributed by atoms with E-state index in [1.807, 2.05) is 25.1 Å². The fourth-order valence-electron chi connectivity index (χ4n) is 2.22. The Kier molecular flexibility index (Phi) is 5.08. The third kappa shape index (κ3) is 3.60. The molecular weight excluding hydrogens is 346 g/mol. The van der Waals surface area contributed by atoms with Gasteiger partial charge in [0, 0.05) is 23.6 Å². The summed E-state index contributed by atoms with van der Waals surface area (Å²) in [5.74, 6) is 0.475. The lowest BCUT2D eigenvalue weighted by molar-refractivity contribution is 0.0781. The minimum Gasteiger partial charge on any atom is -0.507 e. The van der Waals surface area contributed by atoms with E-state index in [0.717, 1.165) is 21.3 Å².